The van der Waals surface area contributed by atoms with Gasteiger partial charge >= 0.3 is 0 Å². The highest BCUT2D eigenvalue weighted by molar-refractivity contribution is 7.89. The highest BCUT2D eigenvalue weighted by Crippen LogP contribution is 2.18. The van der Waals surface area contributed by atoms with Crippen molar-refractivity contribution >= 4 is 10.0 Å². The quantitative estimate of drug-likeness (QED) is 0.829. The molecule has 1 aromatic rings. The molecule has 1 aliphatic rings. The number of rotatable bonds is 2. The summed E-state index contributed by atoms with van der Waals surface area (Å²) in [5.41, 5.74) is 1.08. The Hall–Kier alpha value is -0.910. The number of hydrogen-bond acceptors (Lipinski definition) is 3. The van der Waals surface area contributed by atoms with Crippen LogP contribution >= 0.6 is 0 Å². The Morgan fingerprint density at radius 1 is 0.947 bits per heavy atom. The van der Waals surface area contributed by atoms with Gasteiger partial charge in [0.05, 0.1) is 4.90 Å². The minimum atomic E-state index is -3.32. The van der Waals surface area contributed by atoms with Gasteiger partial charge < -0.3 is 4.90 Å². The molecule has 5 heteroatoms. The van der Waals surface area contributed by atoms with Crippen LogP contribution in [0.1, 0.15) is 18.4 Å². The molecule has 1 aromatic carbocycles. The van der Waals surface area contributed by atoms with Crippen LogP contribution in [0, 0.1) is 6.92 Å². The minimum absolute atomic E-state index is 0.409. The van der Waals surface area contributed by atoms with E-state index < -0.39 is 10.0 Å². The van der Waals surface area contributed by atoms with Crippen molar-refractivity contribution in [1.82, 2.24) is 9.21 Å². The van der Waals surface area contributed by atoms with E-state index >= 15 is 0 Å². The maximum atomic E-state index is 12.6. The largest absolute Gasteiger partial charge is 0.306 e. The van der Waals surface area contributed by atoms with Crippen molar-refractivity contribution < 1.29 is 8.42 Å². The van der Waals surface area contributed by atoms with Crippen LogP contribution in [0.5, 0.6) is 0 Å². The normalized spacial score (nSPS) is 19.9. The van der Waals surface area contributed by atoms with E-state index in [1.165, 1.54) is 0 Å². The average molecular weight is 282 g/mol. The molecular formula is C14H22N2O2S. The Balaban J connectivity index is 2.16. The zero-order chi connectivity index (χ0) is 13.9. The second-order valence-electron chi connectivity index (χ2n) is 5.23. The molecule has 0 spiro atoms. The van der Waals surface area contributed by atoms with Crippen LogP contribution in [0.2, 0.25) is 0 Å². The van der Waals surface area contributed by atoms with E-state index in [4.69, 9.17) is 0 Å². The average Bonchev–Trinajstić information content (AvgIpc) is 2.34. The molecule has 0 bridgehead atoms. The molecule has 4 nitrogen and oxygen atoms in total. The predicted octanol–water partition coefficient (Wildman–Crippen LogP) is 1.71. The van der Waals surface area contributed by atoms with E-state index in [0.29, 0.717) is 18.0 Å². The van der Waals surface area contributed by atoms with Crippen molar-refractivity contribution in [3.8, 4) is 0 Å². The van der Waals surface area contributed by atoms with Gasteiger partial charge in [-0.05, 0) is 52.0 Å². The molecule has 1 saturated heterocycles. The van der Waals surface area contributed by atoms with Crippen molar-refractivity contribution in [3.05, 3.63) is 29.8 Å². The third-order valence-electron chi connectivity index (χ3n) is 3.55. The molecule has 1 heterocycles. The van der Waals surface area contributed by atoms with Crippen molar-refractivity contribution in [2.75, 3.05) is 33.2 Å². The predicted molar refractivity (Wildman–Crippen MR) is 76.7 cm³/mol. The Morgan fingerprint density at radius 3 is 2.00 bits per heavy atom. The van der Waals surface area contributed by atoms with Crippen LogP contribution in [0.15, 0.2) is 29.2 Å². The molecule has 0 amide bonds. The molecule has 0 radical (unpaired) electrons. The maximum absolute atomic E-state index is 12.6. The molecule has 0 unspecified atom stereocenters. The van der Waals surface area contributed by atoms with Crippen LogP contribution in [0.4, 0.5) is 0 Å². The molecule has 0 saturated carbocycles. The highest BCUT2D eigenvalue weighted by atomic mass is 32.2. The van der Waals surface area contributed by atoms with Gasteiger partial charge in [-0.15, -0.1) is 0 Å². The fraction of sp³-hybridized carbons (Fsp3) is 0.571. The van der Waals surface area contributed by atoms with Gasteiger partial charge in [0.25, 0.3) is 0 Å². The minimum Gasteiger partial charge on any atom is -0.306 e. The van der Waals surface area contributed by atoms with Gasteiger partial charge in [0.15, 0.2) is 0 Å². The van der Waals surface area contributed by atoms with Gasteiger partial charge in [0, 0.05) is 13.1 Å². The number of sulfonamides is 1. The van der Waals surface area contributed by atoms with Crippen molar-refractivity contribution in [1.29, 1.82) is 0 Å². The second kappa shape index (κ2) is 6.03. The standard InChI is InChI=1S/C14H22N2O2S/c1-13-5-7-14(8-6-13)19(17,18)16-11-3-9-15(2)10-4-12-16/h5-8H,3-4,9-12H2,1-2H3. The number of hydrogen-bond donors (Lipinski definition) is 0. The summed E-state index contributed by atoms with van der Waals surface area (Å²) in [6.07, 6.45) is 1.78. The van der Waals surface area contributed by atoms with Crippen LogP contribution in [-0.4, -0.2) is 50.8 Å². The monoisotopic (exact) mass is 282 g/mol. The van der Waals surface area contributed by atoms with Gasteiger partial charge in [0.1, 0.15) is 0 Å². The first kappa shape index (κ1) is 14.5. The molecule has 0 aromatic heterocycles. The first-order valence-electron chi connectivity index (χ1n) is 6.75. The lowest BCUT2D eigenvalue weighted by Crippen LogP contribution is -2.38. The van der Waals surface area contributed by atoms with E-state index in [9.17, 15) is 8.42 Å². The van der Waals surface area contributed by atoms with Gasteiger partial charge in [-0.25, -0.2) is 8.42 Å². The number of benzene rings is 1. The molecule has 2 rings (SSSR count). The fourth-order valence-electron chi connectivity index (χ4n) is 2.36. The van der Waals surface area contributed by atoms with Crippen molar-refractivity contribution in [2.45, 2.75) is 24.7 Å². The van der Waals surface area contributed by atoms with Gasteiger partial charge in [-0.2, -0.15) is 4.31 Å². The number of nitrogens with zero attached hydrogens (tertiary/aromatic N) is 2. The molecular weight excluding hydrogens is 260 g/mol. The second-order valence-corrected chi connectivity index (χ2v) is 7.17. The third kappa shape index (κ3) is 3.55. The highest BCUT2D eigenvalue weighted by Gasteiger charge is 2.24. The van der Waals surface area contributed by atoms with Crippen LogP contribution < -0.4 is 0 Å². The Bertz CT molecular complexity index is 501. The molecule has 1 fully saturated rings. The summed E-state index contributed by atoms with van der Waals surface area (Å²) >= 11 is 0. The van der Waals surface area contributed by atoms with Gasteiger partial charge in [-0.1, -0.05) is 17.7 Å². The molecule has 1 aliphatic heterocycles. The SMILES string of the molecule is Cc1ccc(S(=O)(=O)N2CCCN(C)CCC2)cc1. The van der Waals surface area contributed by atoms with E-state index in [2.05, 4.69) is 11.9 Å². The first-order chi connectivity index (χ1) is 9.00. The maximum Gasteiger partial charge on any atom is 0.243 e. The smallest absolute Gasteiger partial charge is 0.243 e. The van der Waals surface area contributed by atoms with Crippen molar-refractivity contribution in [3.63, 3.8) is 0 Å². The summed E-state index contributed by atoms with van der Waals surface area (Å²) in [6.45, 7) is 5.10. The van der Waals surface area contributed by atoms with Crippen LogP contribution in [-0.2, 0) is 10.0 Å². The lowest BCUT2D eigenvalue weighted by molar-refractivity contribution is 0.263. The third-order valence-corrected chi connectivity index (χ3v) is 5.47. The first-order valence-corrected chi connectivity index (χ1v) is 8.19. The zero-order valence-electron chi connectivity index (χ0n) is 11.7. The summed E-state index contributed by atoms with van der Waals surface area (Å²) in [7, 11) is -1.23. The molecule has 0 aliphatic carbocycles. The van der Waals surface area contributed by atoms with Gasteiger partial charge in [-0.3, -0.25) is 0 Å². The fourth-order valence-corrected chi connectivity index (χ4v) is 3.87. The number of aryl methyl sites for hydroxylation is 1. The summed E-state index contributed by atoms with van der Waals surface area (Å²) in [5.74, 6) is 0. The Kier molecular flexibility index (Phi) is 4.60. The van der Waals surface area contributed by atoms with Crippen LogP contribution in [0.25, 0.3) is 0 Å². The lowest BCUT2D eigenvalue weighted by Gasteiger charge is -2.27. The van der Waals surface area contributed by atoms with E-state index in [1.807, 2.05) is 19.1 Å². The zero-order valence-corrected chi connectivity index (χ0v) is 12.5. The molecule has 0 atom stereocenters. The molecule has 0 N–H and O–H groups in total. The van der Waals surface area contributed by atoms with E-state index in [0.717, 1.165) is 31.5 Å². The molecule has 19 heavy (non-hydrogen) atoms. The Labute approximate surface area is 116 Å². The Morgan fingerprint density at radius 2 is 1.47 bits per heavy atom. The summed E-state index contributed by atoms with van der Waals surface area (Å²) < 4.78 is 26.7. The van der Waals surface area contributed by atoms with Crippen LogP contribution in [0.3, 0.4) is 0 Å². The summed E-state index contributed by atoms with van der Waals surface area (Å²) in [5, 5.41) is 0. The van der Waals surface area contributed by atoms with Gasteiger partial charge in [0.2, 0.25) is 10.0 Å². The van der Waals surface area contributed by atoms with E-state index in [-0.39, 0.29) is 0 Å². The molecule has 106 valence electrons. The summed E-state index contributed by atoms with van der Waals surface area (Å²) in [4.78, 5) is 2.67. The lowest BCUT2D eigenvalue weighted by atomic mass is 10.2. The van der Waals surface area contributed by atoms with E-state index in [1.54, 1.807) is 16.4 Å². The summed E-state index contributed by atoms with van der Waals surface area (Å²) in [6, 6.07) is 7.11. The van der Waals surface area contributed by atoms with Crippen molar-refractivity contribution in [2.24, 2.45) is 0 Å². The topological polar surface area (TPSA) is 40.6 Å².